The fraction of sp³-hybridized carbons (Fsp3) is 1.00. The maximum absolute atomic E-state index is 2.74. The minimum Gasteiger partial charge on any atom is -0.0599 e. The highest BCUT2D eigenvalue weighted by Crippen LogP contribution is 2.69. The predicted molar refractivity (Wildman–Crippen MR) is 118 cm³/mol. The average molecular weight is 373 g/mol. The Labute approximate surface area is 170 Å². The summed E-state index contributed by atoms with van der Waals surface area (Å²) in [4.78, 5) is 0. The molecule has 0 radical (unpaired) electrons. The van der Waals surface area contributed by atoms with Gasteiger partial charge in [0.2, 0.25) is 0 Å². The van der Waals surface area contributed by atoms with Crippen molar-refractivity contribution in [1.82, 2.24) is 0 Å². The SMILES string of the molecule is CC(C)(C)C1CCC2(C)C(CCC3C2CCC2(C)C3CCC2C(C)(C)C)C1. The highest BCUT2D eigenvalue weighted by molar-refractivity contribution is 5.10. The van der Waals surface area contributed by atoms with Gasteiger partial charge in [0.15, 0.2) is 0 Å². The van der Waals surface area contributed by atoms with Crippen molar-refractivity contribution in [3.8, 4) is 0 Å². The van der Waals surface area contributed by atoms with Crippen molar-refractivity contribution in [3.05, 3.63) is 0 Å². The zero-order valence-corrected chi connectivity index (χ0v) is 19.8. The van der Waals surface area contributed by atoms with Gasteiger partial charge in [-0.2, -0.15) is 0 Å². The molecule has 0 saturated heterocycles. The lowest BCUT2D eigenvalue weighted by Gasteiger charge is -2.62. The number of hydrogen-bond donors (Lipinski definition) is 0. The third-order valence-corrected chi connectivity index (χ3v) is 10.9. The predicted octanol–water partition coefficient (Wildman–Crippen LogP) is 8.35. The first-order chi connectivity index (χ1) is 12.4. The van der Waals surface area contributed by atoms with E-state index in [1.165, 1.54) is 51.4 Å². The monoisotopic (exact) mass is 372 g/mol. The number of hydrogen-bond acceptors (Lipinski definition) is 0. The third-order valence-electron chi connectivity index (χ3n) is 10.9. The van der Waals surface area contributed by atoms with Crippen LogP contribution in [0, 0.1) is 57.2 Å². The van der Waals surface area contributed by atoms with E-state index in [-0.39, 0.29) is 0 Å². The second-order valence-corrected chi connectivity index (χ2v) is 14.0. The normalized spacial score (nSPS) is 50.7. The first-order valence-electron chi connectivity index (χ1n) is 12.4. The summed E-state index contributed by atoms with van der Waals surface area (Å²) >= 11 is 0. The lowest BCUT2D eigenvalue weighted by Crippen LogP contribution is -2.54. The summed E-state index contributed by atoms with van der Waals surface area (Å²) in [5, 5.41) is 0. The van der Waals surface area contributed by atoms with Crippen molar-refractivity contribution in [3.63, 3.8) is 0 Å². The second kappa shape index (κ2) is 6.25. The van der Waals surface area contributed by atoms with Gasteiger partial charge in [-0.3, -0.25) is 0 Å². The van der Waals surface area contributed by atoms with Crippen LogP contribution < -0.4 is 0 Å². The van der Waals surface area contributed by atoms with Gasteiger partial charge >= 0.3 is 0 Å². The molecule has 0 nitrogen and oxygen atoms in total. The molecule has 4 saturated carbocycles. The van der Waals surface area contributed by atoms with Gasteiger partial charge in [-0.1, -0.05) is 55.4 Å². The van der Waals surface area contributed by atoms with Crippen LogP contribution >= 0.6 is 0 Å². The summed E-state index contributed by atoms with van der Waals surface area (Å²) in [7, 11) is 0. The Balaban J connectivity index is 1.56. The molecule has 0 aromatic heterocycles. The summed E-state index contributed by atoms with van der Waals surface area (Å²) in [6, 6.07) is 0. The van der Waals surface area contributed by atoms with Gasteiger partial charge in [-0.15, -0.1) is 0 Å². The molecule has 0 aromatic rings. The fourth-order valence-electron chi connectivity index (χ4n) is 9.47. The molecule has 0 spiro atoms. The Kier molecular flexibility index (Phi) is 4.69. The molecular formula is C27H48. The molecule has 4 rings (SSSR count). The lowest BCUT2D eigenvalue weighted by molar-refractivity contribution is -0.130. The van der Waals surface area contributed by atoms with Crippen LogP contribution in [0.15, 0.2) is 0 Å². The molecule has 0 heterocycles. The van der Waals surface area contributed by atoms with Crippen LogP contribution in [-0.2, 0) is 0 Å². The maximum Gasteiger partial charge on any atom is -0.0261 e. The summed E-state index contributed by atoms with van der Waals surface area (Å²) in [6.45, 7) is 20.5. The van der Waals surface area contributed by atoms with Crippen LogP contribution in [0.25, 0.3) is 0 Å². The summed E-state index contributed by atoms with van der Waals surface area (Å²) in [5.41, 5.74) is 2.29. The minimum absolute atomic E-state index is 0.488. The molecule has 4 aliphatic carbocycles. The van der Waals surface area contributed by atoms with Gasteiger partial charge in [-0.25, -0.2) is 0 Å². The molecule has 4 aliphatic rings. The van der Waals surface area contributed by atoms with Gasteiger partial charge in [0.05, 0.1) is 0 Å². The van der Waals surface area contributed by atoms with Gasteiger partial charge in [-0.05, 0) is 115 Å². The molecule has 27 heavy (non-hydrogen) atoms. The molecule has 0 aliphatic heterocycles. The highest BCUT2D eigenvalue weighted by Gasteiger charge is 2.61. The number of rotatable bonds is 0. The summed E-state index contributed by atoms with van der Waals surface area (Å²) < 4.78 is 0. The van der Waals surface area contributed by atoms with Crippen molar-refractivity contribution in [2.75, 3.05) is 0 Å². The second-order valence-electron chi connectivity index (χ2n) is 14.0. The Morgan fingerprint density at radius 2 is 1.26 bits per heavy atom. The Hall–Kier alpha value is 0. The standard InChI is InChI=1S/C27H48/c1-24(2,3)18-13-15-26(7)19(17-18)9-10-20-21-11-12-23(25(4,5)6)27(21,8)16-14-22(20)26/h18-23H,9-17H2,1-8H3. The molecule has 8 unspecified atom stereocenters. The minimum atomic E-state index is 0.488. The molecule has 0 bridgehead atoms. The number of fused-ring (bicyclic) bond motifs is 5. The van der Waals surface area contributed by atoms with Gasteiger partial charge in [0.25, 0.3) is 0 Å². The van der Waals surface area contributed by atoms with Gasteiger partial charge in [0.1, 0.15) is 0 Å². The van der Waals surface area contributed by atoms with Crippen LogP contribution in [0.5, 0.6) is 0 Å². The first-order valence-corrected chi connectivity index (χ1v) is 12.4. The zero-order chi connectivity index (χ0) is 19.8. The molecule has 0 N–H and O–H groups in total. The van der Waals surface area contributed by atoms with Crippen LogP contribution in [0.3, 0.4) is 0 Å². The largest absolute Gasteiger partial charge is 0.0599 e. The van der Waals surface area contributed by atoms with Crippen LogP contribution in [0.4, 0.5) is 0 Å². The molecule has 4 fully saturated rings. The summed E-state index contributed by atoms with van der Waals surface area (Å²) in [6.07, 6.45) is 13.7. The molecule has 0 amide bonds. The van der Waals surface area contributed by atoms with Crippen LogP contribution in [0.1, 0.15) is 113 Å². The van der Waals surface area contributed by atoms with Gasteiger partial charge < -0.3 is 0 Å². The van der Waals surface area contributed by atoms with E-state index in [1.807, 2.05) is 0 Å². The quantitative estimate of drug-likeness (QED) is 0.400. The van der Waals surface area contributed by atoms with Crippen molar-refractivity contribution < 1.29 is 0 Å². The van der Waals surface area contributed by atoms with E-state index in [0.717, 1.165) is 35.5 Å². The topological polar surface area (TPSA) is 0 Å². The van der Waals surface area contributed by atoms with E-state index in [2.05, 4.69) is 55.4 Å². The Morgan fingerprint density at radius 1 is 0.630 bits per heavy atom. The van der Waals surface area contributed by atoms with E-state index in [4.69, 9.17) is 0 Å². The summed E-state index contributed by atoms with van der Waals surface area (Å²) in [5.74, 6) is 6.02. The fourth-order valence-corrected chi connectivity index (χ4v) is 9.47. The molecule has 8 atom stereocenters. The van der Waals surface area contributed by atoms with E-state index in [0.29, 0.717) is 21.7 Å². The van der Waals surface area contributed by atoms with Gasteiger partial charge in [0, 0.05) is 0 Å². The van der Waals surface area contributed by atoms with E-state index in [9.17, 15) is 0 Å². The molecule has 156 valence electrons. The Morgan fingerprint density at radius 3 is 1.89 bits per heavy atom. The third kappa shape index (κ3) is 3.06. The maximum atomic E-state index is 2.74. The molecule has 0 heteroatoms. The van der Waals surface area contributed by atoms with Crippen molar-refractivity contribution in [2.24, 2.45) is 57.2 Å². The van der Waals surface area contributed by atoms with Crippen molar-refractivity contribution >= 4 is 0 Å². The van der Waals surface area contributed by atoms with E-state index in [1.54, 1.807) is 6.42 Å². The molecule has 0 aromatic carbocycles. The van der Waals surface area contributed by atoms with Crippen LogP contribution in [-0.4, -0.2) is 0 Å². The van der Waals surface area contributed by atoms with Crippen molar-refractivity contribution in [1.29, 1.82) is 0 Å². The van der Waals surface area contributed by atoms with E-state index >= 15 is 0 Å². The lowest BCUT2D eigenvalue weighted by atomic mass is 9.43. The Bertz CT molecular complexity index is 560. The van der Waals surface area contributed by atoms with Crippen molar-refractivity contribution in [2.45, 2.75) is 113 Å². The smallest absolute Gasteiger partial charge is 0.0261 e. The van der Waals surface area contributed by atoms with E-state index < -0.39 is 0 Å². The van der Waals surface area contributed by atoms with Crippen LogP contribution in [0.2, 0.25) is 0 Å². The average Bonchev–Trinajstić information content (AvgIpc) is 2.90. The zero-order valence-electron chi connectivity index (χ0n) is 19.8. The first kappa shape index (κ1) is 20.3. The molecular weight excluding hydrogens is 324 g/mol. The highest BCUT2D eigenvalue weighted by atomic mass is 14.7.